The van der Waals surface area contributed by atoms with Crippen LogP contribution in [0.4, 0.5) is 0 Å². The van der Waals surface area contributed by atoms with Gasteiger partial charge in [0.05, 0.1) is 0 Å². The van der Waals surface area contributed by atoms with Crippen LogP contribution in [0.2, 0.25) is 0 Å². The Morgan fingerprint density at radius 3 is 2.13 bits per heavy atom. The van der Waals surface area contributed by atoms with Crippen LogP contribution in [-0.4, -0.2) is 19.6 Å². The molecule has 0 fully saturated rings. The van der Waals surface area contributed by atoms with E-state index in [0.29, 0.717) is 0 Å². The maximum absolute atomic E-state index is 5.44. The van der Waals surface area contributed by atoms with E-state index in [2.05, 4.69) is 19.2 Å². The SMILES string of the molecule is CCC(CC)CNCCCCCCCN. The highest BCUT2D eigenvalue weighted by Gasteiger charge is 2.01. The van der Waals surface area contributed by atoms with Gasteiger partial charge in [-0.2, -0.15) is 0 Å². The fourth-order valence-corrected chi connectivity index (χ4v) is 1.81. The normalized spacial score (nSPS) is 11.2. The Hall–Kier alpha value is -0.0800. The molecule has 0 spiro atoms. The third kappa shape index (κ3) is 10.2. The molecule has 0 atom stereocenters. The monoisotopic (exact) mass is 214 g/mol. The van der Waals surface area contributed by atoms with Gasteiger partial charge in [0.1, 0.15) is 0 Å². The topological polar surface area (TPSA) is 38.0 Å². The van der Waals surface area contributed by atoms with Gasteiger partial charge in [0.15, 0.2) is 0 Å². The third-order valence-electron chi connectivity index (χ3n) is 3.15. The Morgan fingerprint density at radius 2 is 1.53 bits per heavy atom. The maximum atomic E-state index is 5.44. The van der Waals surface area contributed by atoms with Crippen LogP contribution < -0.4 is 11.1 Å². The van der Waals surface area contributed by atoms with Gasteiger partial charge in [-0.05, 0) is 38.4 Å². The van der Waals surface area contributed by atoms with Crippen LogP contribution in [0.5, 0.6) is 0 Å². The minimum atomic E-state index is 0.854. The Bertz CT molecular complexity index is 111. The summed E-state index contributed by atoms with van der Waals surface area (Å²) in [6.45, 7) is 7.81. The average Bonchev–Trinajstić information content (AvgIpc) is 2.27. The van der Waals surface area contributed by atoms with Crippen LogP contribution in [0, 0.1) is 5.92 Å². The lowest BCUT2D eigenvalue weighted by molar-refractivity contribution is 0.443. The number of nitrogens with two attached hydrogens (primary N) is 1. The second kappa shape index (κ2) is 12.0. The maximum Gasteiger partial charge on any atom is -0.00207 e. The van der Waals surface area contributed by atoms with Gasteiger partial charge in [-0.15, -0.1) is 0 Å². The zero-order valence-corrected chi connectivity index (χ0v) is 10.7. The summed E-state index contributed by atoms with van der Waals surface area (Å²) in [5.74, 6) is 0.877. The molecule has 0 aliphatic rings. The first-order valence-corrected chi connectivity index (χ1v) is 6.75. The van der Waals surface area contributed by atoms with Crippen LogP contribution in [0.25, 0.3) is 0 Å². The van der Waals surface area contributed by atoms with Gasteiger partial charge in [-0.3, -0.25) is 0 Å². The van der Waals surface area contributed by atoms with E-state index in [0.717, 1.165) is 12.5 Å². The highest BCUT2D eigenvalue weighted by atomic mass is 14.8. The number of nitrogens with one attached hydrogen (secondary N) is 1. The summed E-state index contributed by atoms with van der Waals surface area (Å²) in [4.78, 5) is 0. The number of hydrogen-bond donors (Lipinski definition) is 2. The fourth-order valence-electron chi connectivity index (χ4n) is 1.81. The lowest BCUT2D eigenvalue weighted by Gasteiger charge is -2.12. The fraction of sp³-hybridized carbons (Fsp3) is 1.00. The second-order valence-electron chi connectivity index (χ2n) is 4.44. The van der Waals surface area contributed by atoms with Crippen molar-refractivity contribution in [2.75, 3.05) is 19.6 Å². The van der Waals surface area contributed by atoms with Crippen molar-refractivity contribution in [1.82, 2.24) is 5.32 Å². The predicted octanol–water partition coefficient (Wildman–Crippen LogP) is 2.92. The minimum Gasteiger partial charge on any atom is -0.330 e. The van der Waals surface area contributed by atoms with Crippen LogP contribution >= 0.6 is 0 Å². The van der Waals surface area contributed by atoms with Crippen molar-refractivity contribution in [3.05, 3.63) is 0 Å². The summed E-state index contributed by atoms with van der Waals surface area (Å²) in [7, 11) is 0. The van der Waals surface area contributed by atoms with E-state index in [-0.39, 0.29) is 0 Å². The molecule has 0 aliphatic carbocycles. The molecule has 3 N–H and O–H groups in total. The molecular weight excluding hydrogens is 184 g/mol. The number of rotatable bonds is 11. The van der Waals surface area contributed by atoms with Crippen LogP contribution in [0.3, 0.4) is 0 Å². The standard InChI is InChI=1S/C13H30N2/c1-3-13(4-2)12-15-11-9-7-5-6-8-10-14/h13,15H,3-12,14H2,1-2H3. The zero-order valence-electron chi connectivity index (χ0n) is 10.7. The third-order valence-corrected chi connectivity index (χ3v) is 3.15. The van der Waals surface area contributed by atoms with E-state index in [4.69, 9.17) is 5.73 Å². The van der Waals surface area contributed by atoms with Crippen molar-refractivity contribution in [2.45, 2.75) is 58.8 Å². The lowest BCUT2D eigenvalue weighted by atomic mass is 10.0. The molecule has 0 aromatic rings. The Labute approximate surface area is 96.0 Å². The van der Waals surface area contributed by atoms with Gasteiger partial charge >= 0.3 is 0 Å². The molecule has 15 heavy (non-hydrogen) atoms. The highest BCUT2D eigenvalue weighted by molar-refractivity contribution is 4.58. The van der Waals surface area contributed by atoms with Crippen LogP contribution in [0.15, 0.2) is 0 Å². The van der Waals surface area contributed by atoms with Crippen molar-refractivity contribution >= 4 is 0 Å². The summed E-state index contributed by atoms with van der Waals surface area (Å²) in [5.41, 5.74) is 5.44. The van der Waals surface area contributed by atoms with Crippen molar-refractivity contribution in [1.29, 1.82) is 0 Å². The Morgan fingerprint density at radius 1 is 0.933 bits per heavy atom. The Kier molecular flexibility index (Phi) is 11.9. The van der Waals surface area contributed by atoms with Gasteiger partial charge in [0.25, 0.3) is 0 Å². The molecule has 0 aromatic heterocycles. The smallest absolute Gasteiger partial charge is 0.00207 e. The van der Waals surface area contributed by atoms with E-state index in [1.54, 1.807) is 0 Å². The summed E-state index contributed by atoms with van der Waals surface area (Å²) in [6.07, 6.45) is 9.15. The van der Waals surface area contributed by atoms with Crippen molar-refractivity contribution in [3.63, 3.8) is 0 Å². The van der Waals surface area contributed by atoms with E-state index in [1.165, 1.54) is 58.0 Å². The van der Waals surface area contributed by atoms with Gasteiger partial charge in [-0.1, -0.05) is 46.0 Å². The largest absolute Gasteiger partial charge is 0.330 e. The van der Waals surface area contributed by atoms with E-state index in [9.17, 15) is 0 Å². The lowest BCUT2D eigenvalue weighted by Crippen LogP contribution is -2.23. The zero-order chi connectivity index (χ0) is 11.4. The summed E-state index contributed by atoms with van der Waals surface area (Å²) in [6, 6.07) is 0. The van der Waals surface area contributed by atoms with E-state index < -0.39 is 0 Å². The highest BCUT2D eigenvalue weighted by Crippen LogP contribution is 2.05. The van der Waals surface area contributed by atoms with Crippen LogP contribution in [0.1, 0.15) is 58.8 Å². The molecule has 0 amide bonds. The number of unbranched alkanes of at least 4 members (excludes halogenated alkanes) is 4. The predicted molar refractivity (Wildman–Crippen MR) is 69.1 cm³/mol. The van der Waals surface area contributed by atoms with Crippen molar-refractivity contribution in [2.24, 2.45) is 11.7 Å². The average molecular weight is 214 g/mol. The van der Waals surface area contributed by atoms with Gasteiger partial charge < -0.3 is 11.1 Å². The second-order valence-corrected chi connectivity index (χ2v) is 4.44. The first kappa shape index (κ1) is 14.9. The van der Waals surface area contributed by atoms with Gasteiger partial charge in [0, 0.05) is 0 Å². The molecule has 2 nitrogen and oxygen atoms in total. The molecule has 0 aliphatic heterocycles. The summed E-state index contributed by atoms with van der Waals surface area (Å²) in [5, 5.41) is 3.55. The first-order chi connectivity index (χ1) is 7.35. The molecule has 0 unspecified atom stereocenters. The molecule has 0 rings (SSSR count). The van der Waals surface area contributed by atoms with Crippen molar-refractivity contribution < 1.29 is 0 Å². The molecule has 0 aromatic carbocycles. The summed E-state index contributed by atoms with van der Waals surface area (Å²) < 4.78 is 0. The number of hydrogen-bond acceptors (Lipinski definition) is 2. The minimum absolute atomic E-state index is 0.854. The molecule has 0 radical (unpaired) electrons. The molecule has 2 heteroatoms. The van der Waals surface area contributed by atoms with Gasteiger partial charge in [-0.25, -0.2) is 0 Å². The molecule has 92 valence electrons. The molecule has 0 saturated heterocycles. The van der Waals surface area contributed by atoms with E-state index in [1.807, 2.05) is 0 Å². The first-order valence-electron chi connectivity index (χ1n) is 6.75. The van der Waals surface area contributed by atoms with E-state index >= 15 is 0 Å². The molecule has 0 heterocycles. The Balaban J connectivity index is 3.04. The quantitative estimate of drug-likeness (QED) is 0.519. The molecular formula is C13H30N2. The van der Waals surface area contributed by atoms with Gasteiger partial charge in [0.2, 0.25) is 0 Å². The van der Waals surface area contributed by atoms with Crippen LogP contribution in [-0.2, 0) is 0 Å². The van der Waals surface area contributed by atoms with Crippen molar-refractivity contribution in [3.8, 4) is 0 Å². The summed E-state index contributed by atoms with van der Waals surface area (Å²) >= 11 is 0. The molecule has 0 bridgehead atoms. The molecule has 0 saturated carbocycles.